The van der Waals surface area contributed by atoms with Gasteiger partial charge in [0.05, 0.1) is 11.6 Å². The molecule has 0 aliphatic carbocycles. The van der Waals surface area contributed by atoms with Crippen LogP contribution in [-0.4, -0.2) is 28.8 Å². The summed E-state index contributed by atoms with van der Waals surface area (Å²) in [7, 11) is 0. The number of rotatable bonds is 4. The molecule has 148 valence electrons. The van der Waals surface area contributed by atoms with E-state index in [2.05, 4.69) is 15.7 Å². The first kappa shape index (κ1) is 21.2. The number of hydrogen-bond donors (Lipinski definition) is 2. The van der Waals surface area contributed by atoms with Gasteiger partial charge in [-0.3, -0.25) is 9.48 Å². The number of carbonyl (C=O) groups excluding carboxylic acids is 1. The van der Waals surface area contributed by atoms with Crippen molar-refractivity contribution in [3.05, 3.63) is 53.1 Å². The Morgan fingerprint density at radius 3 is 2.78 bits per heavy atom. The van der Waals surface area contributed by atoms with Gasteiger partial charge in [0.25, 0.3) is 5.91 Å². The largest absolute Gasteiger partial charge is 0.416 e. The van der Waals surface area contributed by atoms with Gasteiger partial charge in [-0.05, 0) is 43.1 Å². The minimum absolute atomic E-state index is 0. The maximum Gasteiger partial charge on any atom is 0.416 e. The Morgan fingerprint density at radius 1 is 1.33 bits per heavy atom. The molecular formula is C17H19ClF4N4O. The summed E-state index contributed by atoms with van der Waals surface area (Å²) in [4.78, 5) is 12.2. The van der Waals surface area contributed by atoms with E-state index >= 15 is 0 Å². The highest BCUT2D eigenvalue weighted by Crippen LogP contribution is 2.32. The Kier molecular flexibility index (Phi) is 6.83. The fraction of sp³-hybridized carbons (Fsp3) is 0.412. The van der Waals surface area contributed by atoms with Crippen molar-refractivity contribution >= 4 is 18.3 Å². The summed E-state index contributed by atoms with van der Waals surface area (Å²) in [5.74, 6) is -1.56. The van der Waals surface area contributed by atoms with E-state index in [0.717, 1.165) is 38.1 Å². The van der Waals surface area contributed by atoms with E-state index in [9.17, 15) is 22.4 Å². The zero-order valence-corrected chi connectivity index (χ0v) is 15.0. The number of halogens is 5. The molecule has 1 aliphatic rings. The summed E-state index contributed by atoms with van der Waals surface area (Å²) in [5.41, 5.74) is -1.17. The monoisotopic (exact) mass is 406 g/mol. The normalized spacial score (nSPS) is 17.3. The van der Waals surface area contributed by atoms with Gasteiger partial charge in [-0.15, -0.1) is 12.4 Å². The molecular weight excluding hydrogens is 388 g/mol. The van der Waals surface area contributed by atoms with E-state index in [1.165, 1.54) is 6.07 Å². The fourth-order valence-corrected chi connectivity index (χ4v) is 2.95. The molecule has 0 bridgehead atoms. The lowest BCUT2D eigenvalue weighted by Crippen LogP contribution is -2.32. The third-order valence-electron chi connectivity index (χ3n) is 4.30. The SMILES string of the molecule is Cl.O=C(NCc1ccc(F)cc1C(F)(F)F)c1ccn(C2CCCNC2)n1. The van der Waals surface area contributed by atoms with E-state index in [-0.39, 0.29) is 36.3 Å². The van der Waals surface area contributed by atoms with Crippen LogP contribution in [0.2, 0.25) is 0 Å². The maximum atomic E-state index is 13.1. The van der Waals surface area contributed by atoms with E-state index < -0.39 is 23.5 Å². The van der Waals surface area contributed by atoms with Gasteiger partial charge in [0.15, 0.2) is 0 Å². The van der Waals surface area contributed by atoms with Crippen molar-refractivity contribution in [3.8, 4) is 0 Å². The second-order valence-corrected chi connectivity index (χ2v) is 6.16. The Labute approximate surface area is 159 Å². The molecule has 0 saturated carbocycles. The molecule has 1 aromatic carbocycles. The maximum absolute atomic E-state index is 13.1. The molecule has 1 unspecified atom stereocenters. The molecule has 1 aliphatic heterocycles. The van der Waals surface area contributed by atoms with Crippen LogP contribution >= 0.6 is 12.4 Å². The van der Waals surface area contributed by atoms with E-state index in [1.54, 1.807) is 10.9 Å². The predicted octanol–water partition coefficient (Wildman–Crippen LogP) is 3.32. The average Bonchev–Trinajstić information content (AvgIpc) is 3.10. The van der Waals surface area contributed by atoms with Crippen molar-refractivity contribution in [2.75, 3.05) is 13.1 Å². The average molecular weight is 407 g/mol. The van der Waals surface area contributed by atoms with E-state index in [1.807, 2.05) is 0 Å². The zero-order valence-electron chi connectivity index (χ0n) is 14.2. The third kappa shape index (κ3) is 5.20. The second kappa shape index (κ2) is 8.71. The summed E-state index contributed by atoms with van der Waals surface area (Å²) < 4.78 is 53.8. The molecule has 1 atom stereocenters. The number of alkyl halides is 3. The lowest BCUT2D eigenvalue weighted by atomic mass is 10.1. The van der Waals surface area contributed by atoms with Crippen LogP contribution in [0.4, 0.5) is 17.6 Å². The van der Waals surface area contributed by atoms with Crippen LogP contribution in [0.5, 0.6) is 0 Å². The van der Waals surface area contributed by atoms with Crippen molar-refractivity contribution < 1.29 is 22.4 Å². The van der Waals surface area contributed by atoms with Crippen molar-refractivity contribution in [2.24, 2.45) is 0 Å². The second-order valence-electron chi connectivity index (χ2n) is 6.16. The van der Waals surface area contributed by atoms with Crippen LogP contribution in [0.3, 0.4) is 0 Å². The molecule has 2 heterocycles. The highest BCUT2D eigenvalue weighted by molar-refractivity contribution is 5.92. The van der Waals surface area contributed by atoms with Crippen LogP contribution in [0.25, 0.3) is 0 Å². The van der Waals surface area contributed by atoms with Crippen LogP contribution in [-0.2, 0) is 12.7 Å². The van der Waals surface area contributed by atoms with Gasteiger partial charge in [0, 0.05) is 19.3 Å². The first-order chi connectivity index (χ1) is 12.3. The molecule has 0 spiro atoms. The van der Waals surface area contributed by atoms with Crippen molar-refractivity contribution in [3.63, 3.8) is 0 Å². The van der Waals surface area contributed by atoms with Gasteiger partial charge in [0.1, 0.15) is 11.5 Å². The van der Waals surface area contributed by atoms with Crippen LogP contribution < -0.4 is 10.6 Å². The highest BCUT2D eigenvalue weighted by Gasteiger charge is 2.33. The van der Waals surface area contributed by atoms with E-state index in [0.29, 0.717) is 6.07 Å². The molecule has 1 amide bonds. The Bertz CT molecular complexity index is 787. The quantitative estimate of drug-likeness (QED) is 0.766. The topological polar surface area (TPSA) is 59.0 Å². The number of nitrogens with zero attached hydrogens (tertiary/aromatic N) is 2. The lowest BCUT2D eigenvalue weighted by molar-refractivity contribution is -0.138. The molecule has 3 rings (SSSR count). The molecule has 1 aromatic heterocycles. The van der Waals surface area contributed by atoms with Crippen molar-refractivity contribution in [1.82, 2.24) is 20.4 Å². The van der Waals surface area contributed by atoms with Gasteiger partial charge < -0.3 is 10.6 Å². The molecule has 27 heavy (non-hydrogen) atoms. The molecule has 2 N–H and O–H groups in total. The molecule has 2 aromatic rings. The van der Waals surface area contributed by atoms with Crippen LogP contribution in [0.15, 0.2) is 30.5 Å². The predicted molar refractivity (Wildman–Crippen MR) is 93.2 cm³/mol. The number of piperidine rings is 1. The molecule has 1 saturated heterocycles. The summed E-state index contributed by atoms with van der Waals surface area (Å²) >= 11 is 0. The third-order valence-corrected chi connectivity index (χ3v) is 4.30. The summed E-state index contributed by atoms with van der Waals surface area (Å²) in [6.07, 6.45) is -1.06. The highest BCUT2D eigenvalue weighted by atomic mass is 35.5. The Hall–Kier alpha value is -2.13. The lowest BCUT2D eigenvalue weighted by Gasteiger charge is -2.22. The first-order valence-electron chi connectivity index (χ1n) is 8.24. The van der Waals surface area contributed by atoms with Crippen LogP contribution in [0.1, 0.15) is 40.5 Å². The molecule has 0 radical (unpaired) electrons. The van der Waals surface area contributed by atoms with Crippen LogP contribution in [0, 0.1) is 5.82 Å². The van der Waals surface area contributed by atoms with Gasteiger partial charge in [-0.1, -0.05) is 6.07 Å². The number of nitrogens with one attached hydrogen (secondary N) is 2. The fourth-order valence-electron chi connectivity index (χ4n) is 2.95. The number of carbonyl (C=O) groups is 1. The van der Waals surface area contributed by atoms with Gasteiger partial charge in [-0.2, -0.15) is 18.3 Å². The number of hydrogen-bond acceptors (Lipinski definition) is 3. The standard InChI is InChI=1S/C17H18F4N4O.ClH/c18-12-4-3-11(14(8-12)17(19,20)21)9-23-16(26)15-5-7-25(24-15)13-2-1-6-22-10-13;/h3-5,7-8,13,22H,1-2,6,9-10H2,(H,23,26);1H. The van der Waals surface area contributed by atoms with Crippen molar-refractivity contribution in [2.45, 2.75) is 31.6 Å². The summed E-state index contributed by atoms with van der Waals surface area (Å²) in [5, 5.41) is 9.87. The minimum Gasteiger partial charge on any atom is -0.347 e. The number of aromatic nitrogens is 2. The summed E-state index contributed by atoms with van der Waals surface area (Å²) in [6.45, 7) is 1.34. The zero-order chi connectivity index (χ0) is 18.7. The van der Waals surface area contributed by atoms with E-state index in [4.69, 9.17) is 0 Å². The van der Waals surface area contributed by atoms with Crippen molar-refractivity contribution in [1.29, 1.82) is 0 Å². The van der Waals surface area contributed by atoms with Gasteiger partial charge in [0.2, 0.25) is 0 Å². The number of amides is 1. The summed E-state index contributed by atoms with van der Waals surface area (Å²) in [6, 6.07) is 4.05. The molecule has 5 nitrogen and oxygen atoms in total. The minimum atomic E-state index is -4.70. The molecule has 10 heteroatoms. The first-order valence-corrected chi connectivity index (χ1v) is 8.24. The Balaban J connectivity index is 0.00000261. The Morgan fingerprint density at radius 2 is 2.11 bits per heavy atom. The molecule has 1 fully saturated rings. The number of benzene rings is 1. The van der Waals surface area contributed by atoms with Gasteiger partial charge >= 0.3 is 6.18 Å². The smallest absolute Gasteiger partial charge is 0.347 e. The van der Waals surface area contributed by atoms with Gasteiger partial charge in [-0.25, -0.2) is 4.39 Å².